The molecule has 0 bridgehead atoms. The first-order valence-corrected chi connectivity index (χ1v) is 23.4. The number of phenols is 1. The molecule has 9 rings (SSSR count). The number of phenolic OH excluding ortho intramolecular Hbond substituents is 1. The fourth-order valence-corrected chi connectivity index (χ4v) is 10.8. The topological polar surface area (TPSA) is 167 Å². The highest BCUT2D eigenvalue weighted by Crippen LogP contribution is 2.40. The minimum Gasteiger partial charge on any atom is -0.507 e. The Labute approximate surface area is 385 Å². The Hall–Kier alpha value is -6.43. The molecule has 17 heteroatoms. The van der Waals surface area contributed by atoms with Crippen molar-refractivity contribution in [1.29, 1.82) is 0 Å². The Morgan fingerprint density at radius 1 is 0.923 bits per heavy atom. The molecule has 5 aromatic heterocycles. The molecule has 1 N–H and O–H groups in total. The number of rotatable bonds is 12. The van der Waals surface area contributed by atoms with Gasteiger partial charge in [-0.1, -0.05) is 66.7 Å². The predicted molar refractivity (Wildman–Crippen MR) is 253 cm³/mol. The Bertz CT molecular complexity index is 2870. The number of piperazine rings is 1. The molecule has 4 atom stereocenters. The third kappa shape index (κ3) is 8.51. The standard InChI is InChI=1S/C48H50N10O5S2/c1-27(2)42(46(61)58-25-34(62-7)20-39(58)45(60)55(6)30(5)31-12-14-32(15-13-31)43-29(4)51-26-64-43)41-22-37(54-63-41)33-23-49-48(50-24-33)57-18-16-56(17-19-57)47-28(3)36-21-38(52-53-44(36)65-47)35-10-8-9-11-40(35)59/h8-15,21-24,26-27,30,34,39,42H,6,16-20,25H2,1-5,7H3/p+1/t30-,34+,39-,42+/m0/s1. The summed E-state index contributed by atoms with van der Waals surface area (Å²) in [4.78, 5) is 50.7. The highest BCUT2D eigenvalue weighted by molar-refractivity contribution is 7.22. The van der Waals surface area contributed by atoms with Gasteiger partial charge in [0.05, 0.1) is 32.9 Å². The van der Waals surface area contributed by atoms with E-state index in [2.05, 4.69) is 43.8 Å². The lowest BCUT2D eigenvalue weighted by Gasteiger charge is -2.35. The first kappa shape index (κ1) is 43.8. The lowest BCUT2D eigenvalue weighted by Crippen LogP contribution is -2.47. The number of benzene rings is 2. The van der Waals surface area contributed by atoms with E-state index in [0.717, 1.165) is 68.7 Å². The van der Waals surface area contributed by atoms with E-state index in [-0.39, 0.29) is 42.2 Å². The van der Waals surface area contributed by atoms with Gasteiger partial charge in [-0.05, 0) is 49.1 Å². The summed E-state index contributed by atoms with van der Waals surface area (Å²) in [5, 5.41) is 25.8. The number of thiophene rings is 1. The minimum atomic E-state index is -0.759. The van der Waals surface area contributed by atoms with Crippen molar-refractivity contribution in [3.8, 4) is 38.7 Å². The maximum atomic E-state index is 14.6. The lowest BCUT2D eigenvalue weighted by atomic mass is 9.91. The third-order valence-corrected chi connectivity index (χ3v) is 15.0. The molecule has 0 aliphatic carbocycles. The number of amides is 2. The van der Waals surface area contributed by atoms with Crippen LogP contribution in [0.25, 0.3) is 43.2 Å². The quantitative estimate of drug-likeness (QED) is 0.0929. The second kappa shape index (κ2) is 18.2. The molecule has 7 aromatic rings. The Balaban J connectivity index is 0.850. The number of nitrogens with zero attached hydrogens (tertiary/aromatic N) is 10. The number of likely N-dealkylation sites (tertiary alicyclic amines) is 1. The smallest absolute Gasteiger partial charge is 0.409 e. The second-order valence-electron chi connectivity index (χ2n) is 17.1. The summed E-state index contributed by atoms with van der Waals surface area (Å²) in [7, 11) is 1.60. The Morgan fingerprint density at radius 2 is 1.65 bits per heavy atom. The number of fused-ring (bicyclic) bond motifs is 1. The molecule has 7 heterocycles. The van der Waals surface area contributed by atoms with Crippen LogP contribution in [0, 0.1) is 19.8 Å². The van der Waals surface area contributed by atoms with Gasteiger partial charge in [-0.2, -0.15) is 4.58 Å². The molecule has 2 amide bonds. The number of para-hydroxylation sites is 1. The number of aryl methyl sites for hydroxylation is 2. The molecule has 2 saturated heterocycles. The molecule has 0 unspecified atom stereocenters. The summed E-state index contributed by atoms with van der Waals surface area (Å²) >= 11 is 3.22. The molecule has 2 aliphatic rings. The summed E-state index contributed by atoms with van der Waals surface area (Å²) < 4.78 is 13.1. The van der Waals surface area contributed by atoms with E-state index in [1.54, 1.807) is 65.3 Å². The minimum absolute atomic E-state index is 0.168. The molecule has 2 fully saturated rings. The lowest BCUT2D eigenvalue weighted by molar-refractivity contribution is -0.485. The molecule has 2 aromatic carbocycles. The fourth-order valence-electron chi connectivity index (χ4n) is 8.84. The SMILES string of the molecule is C=[N+](C(=O)[C@@H]1C[C@@H](OC)CN1C(=O)[C@@H](c1cc(-c2cnc(N3CCN(c4sc5nnc(-c6ccccc6O)cc5c4C)CC3)nc2)no1)C(C)C)[C@@H](C)c1ccc(-c2scnc2C)cc1. The zero-order valence-electron chi connectivity index (χ0n) is 37.2. The summed E-state index contributed by atoms with van der Waals surface area (Å²) in [5.41, 5.74) is 8.44. The van der Waals surface area contributed by atoms with Crippen LogP contribution < -0.4 is 9.80 Å². The number of thiazole rings is 1. The Morgan fingerprint density at radius 3 is 2.32 bits per heavy atom. The molecule has 2 aliphatic heterocycles. The summed E-state index contributed by atoms with van der Waals surface area (Å²) in [6.07, 6.45) is 3.51. The highest BCUT2D eigenvalue weighted by atomic mass is 32.1. The number of hydrogen-bond acceptors (Lipinski definition) is 15. The maximum Gasteiger partial charge on any atom is 0.409 e. The van der Waals surface area contributed by atoms with Gasteiger partial charge in [-0.25, -0.2) is 19.7 Å². The van der Waals surface area contributed by atoms with Crippen LogP contribution >= 0.6 is 22.7 Å². The van der Waals surface area contributed by atoms with Gasteiger partial charge in [-0.15, -0.1) is 21.5 Å². The van der Waals surface area contributed by atoms with E-state index in [0.29, 0.717) is 40.6 Å². The molecule has 65 heavy (non-hydrogen) atoms. The molecule has 15 nitrogen and oxygen atoms in total. The van der Waals surface area contributed by atoms with Crippen molar-refractivity contribution < 1.29 is 28.5 Å². The first-order chi connectivity index (χ1) is 31.4. The molecule has 0 saturated carbocycles. The normalized spacial score (nSPS) is 17.6. The van der Waals surface area contributed by atoms with Gasteiger partial charge in [0.15, 0.2) is 12.1 Å². The van der Waals surface area contributed by atoms with Crippen LogP contribution in [0.3, 0.4) is 0 Å². The number of anilines is 2. The van der Waals surface area contributed by atoms with Crippen LogP contribution in [-0.4, -0.2) is 115 Å². The monoisotopic (exact) mass is 911 g/mol. The third-order valence-electron chi connectivity index (χ3n) is 12.7. The zero-order chi connectivity index (χ0) is 45.5. The number of carbonyl (C=O) groups excluding carboxylic acids is 2. The fraction of sp³-hybridized carbons (Fsp3) is 0.354. The first-order valence-electron chi connectivity index (χ1n) is 21.7. The van der Waals surface area contributed by atoms with Crippen LogP contribution in [0.15, 0.2) is 83.1 Å². The average molecular weight is 912 g/mol. The largest absolute Gasteiger partial charge is 0.507 e. The van der Waals surface area contributed by atoms with Crippen molar-refractivity contribution in [3.63, 3.8) is 0 Å². The van der Waals surface area contributed by atoms with Crippen LogP contribution in [0.5, 0.6) is 5.75 Å². The van der Waals surface area contributed by atoms with Crippen molar-refractivity contribution in [2.75, 3.05) is 49.6 Å². The van der Waals surface area contributed by atoms with Crippen molar-refractivity contribution >= 4 is 62.4 Å². The van der Waals surface area contributed by atoms with Gasteiger partial charge in [0, 0.05) is 93.7 Å². The number of methoxy groups -OCH3 is 1. The van der Waals surface area contributed by atoms with Gasteiger partial charge in [-0.3, -0.25) is 4.79 Å². The predicted octanol–water partition coefficient (Wildman–Crippen LogP) is 7.93. The molecule has 334 valence electrons. The van der Waals surface area contributed by atoms with E-state index in [1.165, 1.54) is 4.58 Å². The molecule has 0 spiro atoms. The van der Waals surface area contributed by atoms with Crippen molar-refractivity contribution in [3.05, 3.63) is 101 Å². The van der Waals surface area contributed by atoms with Gasteiger partial charge in [0.2, 0.25) is 11.9 Å². The average Bonchev–Trinajstić information content (AvgIpc) is 4.15. The van der Waals surface area contributed by atoms with Crippen molar-refractivity contribution in [2.45, 2.75) is 65.1 Å². The number of carbonyl (C=O) groups is 2. The van der Waals surface area contributed by atoms with Gasteiger partial charge < -0.3 is 29.1 Å². The van der Waals surface area contributed by atoms with E-state index < -0.39 is 12.0 Å². The van der Waals surface area contributed by atoms with Crippen LogP contribution in [-0.2, 0) is 14.3 Å². The summed E-state index contributed by atoms with van der Waals surface area (Å²) in [6, 6.07) is 18.0. The van der Waals surface area contributed by atoms with E-state index >= 15 is 0 Å². The number of hydrogen-bond donors (Lipinski definition) is 1. The summed E-state index contributed by atoms with van der Waals surface area (Å²) in [5.74, 6) is -0.152. The van der Waals surface area contributed by atoms with Crippen molar-refractivity contribution in [2.24, 2.45) is 5.92 Å². The van der Waals surface area contributed by atoms with Crippen LogP contribution in [0.2, 0.25) is 0 Å². The zero-order valence-corrected chi connectivity index (χ0v) is 38.8. The van der Waals surface area contributed by atoms with Gasteiger partial charge >= 0.3 is 5.91 Å². The van der Waals surface area contributed by atoms with Gasteiger partial charge in [0.25, 0.3) is 0 Å². The second-order valence-corrected chi connectivity index (χ2v) is 18.9. The molecular weight excluding hydrogens is 861 g/mol. The molecule has 0 radical (unpaired) electrons. The van der Waals surface area contributed by atoms with E-state index in [4.69, 9.17) is 19.2 Å². The molecular formula is C48H51N10O5S2+. The highest BCUT2D eigenvalue weighted by Gasteiger charge is 2.48. The van der Waals surface area contributed by atoms with Crippen LogP contribution in [0.4, 0.5) is 10.9 Å². The number of ether oxygens (including phenoxy) is 1. The Kier molecular flexibility index (Phi) is 12.3. The number of aromatic hydroxyl groups is 1. The maximum absolute atomic E-state index is 14.6. The number of aromatic nitrogens is 6. The van der Waals surface area contributed by atoms with Crippen molar-refractivity contribution in [1.82, 2.24) is 35.2 Å². The summed E-state index contributed by atoms with van der Waals surface area (Å²) in [6.45, 7) is 17.4. The van der Waals surface area contributed by atoms with E-state index in [9.17, 15) is 14.7 Å². The van der Waals surface area contributed by atoms with E-state index in [1.807, 2.05) is 75.7 Å². The van der Waals surface area contributed by atoms with Crippen LogP contribution in [0.1, 0.15) is 61.7 Å². The van der Waals surface area contributed by atoms with Gasteiger partial charge in [0.1, 0.15) is 34.7 Å².